The molecule has 0 aliphatic rings. The molecule has 1 heterocycles. The number of rotatable bonds is 4. The maximum Gasteiger partial charge on any atom is 0.136 e. The lowest BCUT2D eigenvalue weighted by molar-refractivity contribution is 0.669. The summed E-state index contributed by atoms with van der Waals surface area (Å²) in [6.45, 7) is 0. The minimum absolute atomic E-state index is 0.00374. The molecule has 0 aliphatic carbocycles. The molecular formula is C44H28O. The van der Waals surface area contributed by atoms with Crippen molar-refractivity contribution in [2.75, 3.05) is 0 Å². The third kappa shape index (κ3) is 4.09. The van der Waals surface area contributed by atoms with E-state index in [0.29, 0.717) is 33.2 Å². The summed E-state index contributed by atoms with van der Waals surface area (Å²) in [5, 5.41) is 3.69. The predicted molar refractivity (Wildman–Crippen MR) is 190 cm³/mol. The fourth-order valence-electron chi connectivity index (χ4n) is 6.44. The van der Waals surface area contributed by atoms with Crippen molar-refractivity contribution in [1.29, 1.82) is 0 Å². The Morgan fingerprint density at radius 1 is 0.356 bits per heavy atom. The highest BCUT2D eigenvalue weighted by molar-refractivity contribution is 6.25. The maximum absolute atomic E-state index is 9.64. The van der Waals surface area contributed by atoms with Crippen LogP contribution in [0.2, 0.25) is 0 Å². The number of fused-ring (bicyclic) bond motifs is 5. The Morgan fingerprint density at radius 2 is 0.911 bits per heavy atom. The average Bonchev–Trinajstić information content (AvgIpc) is 3.63. The summed E-state index contributed by atoms with van der Waals surface area (Å²) >= 11 is 0. The van der Waals surface area contributed by atoms with Gasteiger partial charge < -0.3 is 4.42 Å². The molecule has 0 bridgehead atoms. The Hall–Kier alpha value is -5.92. The minimum Gasteiger partial charge on any atom is -0.456 e. The van der Waals surface area contributed by atoms with Gasteiger partial charge in [-0.15, -0.1) is 0 Å². The van der Waals surface area contributed by atoms with Gasteiger partial charge in [-0.1, -0.05) is 151 Å². The van der Waals surface area contributed by atoms with Crippen molar-refractivity contribution < 1.29 is 19.5 Å². The van der Waals surface area contributed by atoms with Crippen LogP contribution in [-0.4, -0.2) is 0 Å². The molecule has 1 heteroatoms. The summed E-state index contributed by atoms with van der Waals surface area (Å²) in [5.41, 5.74) is 4.47. The molecular weight excluding hydrogens is 544 g/mol. The van der Waals surface area contributed by atoms with E-state index in [1.165, 1.54) is 0 Å². The molecule has 45 heavy (non-hydrogen) atoms. The zero-order valence-electron chi connectivity index (χ0n) is 34.7. The molecule has 0 saturated carbocycles. The Labute approximate surface area is 277 Å². The Balaban J connectivity index is 1.40. The standard InChI is InChI=1S/C44H28O/c1-3-13-29(14-4-1)30-23-25-32(26-24-30)41-33-17-7-9-19-35(33)43(36-20-10-8-18-34(36)41)38-27-28-40-44(37-21-11-12-22-39(37)45-40)42(38)31-15-5-2-6-16-31/h1-28H/i1D,3D,4D,11D,12D,13D,14D,21D,22D,27D,28D. The highest BCUT2D eigenvalue weighted by atomic mass is 16.3. The number of hydrogen-bond acceptors (Lipinski definition) is 1. The van der Waals surface area contributed by atoms with Crippen LogP contribution in [0.15, 0.2) is 174 Å². The Bertz CT molecular complexity index is 3050. The fraction of sp³-hybridized carbons (Fsp3) is 0. The summed E-state index contributed by atoms with van der Waals surface area (Å²) in [4.78, 5) is 0. The molecule has 1 nitrogen and oxygen atoms in total. The summed E-state index contributed by atoms with van der Waals surface area (Å²) < 4.78 is 101. The molecule has 0 atom stereocenters. The smallest absolute Gasteiger partial charge is 0.136 e. The average molecular weight is 584 g/mol. The first kappa shape index (κ1) is 16.8. The number of furan rings is 1. The summed E-state index contributed by atoms with van der Waals surface area (Å²) in [7, 11) is 0. The van der Waals surface area contributed by atoms with Crippen LogP contribution in [0, 0.1) is 0 Å². The van der Waals surface area contributed by atoms with E-state index in [1.54, 1.807) is 12.1 Å². The first-order chi connectivity index (χ1) is 26.9. The van der Waals surface area contributed by atoms with E-state index in [1.807, 2.05) is 91.0 Å². The largest absolute Gasteiger partial charge is 0.456 e. The molecule has 8 aromatic carbocycles. The third-order valence-electron chi connectivity index (χ3n) is 8.34. The molecule has 9 rings (SSSR count). The molecule has 0 unspecified atom stereocenters. The van der Waals surface area contributed by atoms with Crippen LogP contribution in [0.4, 0.5) is 0 Å². The van der Waals surface area contributed by atoms with E-state index in [2.05, 4.69) is 0 Å². The highest BCUT2D eigenvalue weighted by Gasteiger charge is 2.22. The van der Waals surface area contributed by atoms with Crippen LogP contribution >= 0.6 is 0 Å². The number of hydrogen-bond donors (Lipinski definition) is 0. The lowest BCUT2D eigenvalue weighted by Gasteiger charge is -2.20. The van der Waals surface area contributed by atoms with Gasteiger partial charge in [0.15, 0.2) is 0 Å². The second-order valence-electron chi connectivity index (χ2n) is 10.8. The van der Waals surface area contributed by atoms with E-state index in [-0.39, 0.29) is 58.4 Å². The topological polar surface area (TPSA) is 13.1 Å². The predicted octanol–water partition coefficient (Wildman–Crippen LogP) is 12.6. The van der Waals surface area contributed by atoms with Crippen molar-refractivity contribution in [2.24, 2.45) is 0 Å². The van der Waals surface area contributed by atoms with Crippen molar-refractivity contribution >= 4 is 43.5 Å². The van der Waals surface area contributed by atoms with E-state index in [4.69, 9.17) is 16.8 Å². The second kappa shape index (κ2) is 10.4. The molecule has 210 valence electrons. The van der Waals surface area contributed by atoms with Crippen molar-refractivity contribution in [2.45, 2.75) is 0 Å². The molecule has 0 N–H and O–H groups in total. The van der Waals surface area contributed by atoms with Crippen LogP contribution in [0.25, 0.3) is 88.0 Å². The third-order valence-corrected chi connectivity index (χ3v) is 8.34. The minimum atomic E-state index is -0.452. The van der Waals surface area contributed by atoms with E-state index >= 15 is 0 Å². The van der Waals surface area contributed by atoms with Crippen LogP contribution in [0.3, 0.4) is 0 Å². The van der Waals surface area contributed by atoms with Gasteiger partial charge in [0.25, 0.3) is 0 Å². The lowest BCUT2D eigenvalue weighted by Crippen LogP contribution is -1.93. The monoisotopic (exact) mass is 583 g/mol. The summed E-state index contributed by atoms with van der Waals surface area (Å²) in [5.74, 6) is 0. The van der Waals surface area contributed by atoms with E-state index in [0.717, 1.165) is 32.7 Å². The molecule has 0 fully saturated rings. The first-order valence-electron chi connectivity index (χ1n) is 20.0. The van der Waals surface area contributed by atoms with Gasteiger partial charge in [-0.3, -0.25) is 0 Å². The Kier molecular flexibility index (Phi) is 3.87. The fourth-order valence-corrected chi connectivity index (χ4v) is 6.44. The van der Waals surface area contributed by atoms with Gasteiger partial charge in [0.1, 0.15) is 11.2 Å². The quantitative estimate of drug-likeness (QED) is 0.188. The first-order valence-corrected chi connectivity index (χ1v) is 14.5. The van der Waals surface area contributed by atoms with Crippen LogP contribution in [-0.2, 0) is 0 Å². The van der Waals surface area contributed by atoms with Gasteiger partial charge in [-0.2, -0.15) is 0 Å². The maximum atomic E-state index is 9.64. The molecule has 0 amide bonds. The molecule has 0 saturated heterocycles. The van der Waals surface area contributed by atoms with Crippen molar-refractivity contribution in [1.82, 2.24) is 0 Å². The summed E-state index contributed by atoms with van der Waals surface area (Å²) in [6, 6.07) is 28.4. The molecule has 1 aromatic heterocycles. The zero-order chi connectivity index (χ0) is 39.3. The van der Waals surface area contributed by atoms with Crippen LogP contribution in [0.1, 0.15) is 15.1 Å². The van der Waals surface area contributed by atoms with Crippen molar-refractivity contribution in [3.63, 3.8) is 0 Å². The van der Waals surface area contributed by atoms with Gasteiger partial charge >= 0.3 is 0 Å². The van der Waals surface area contributed by atoms with Gasteiger partial charge in [0, 0.05) is 16.3 Å². The molecule has 0 spiro atoms. The lowest BCUT2D eigenvalue weighted by atomic mass is 9.82. The number of para-hydroxylation sites is 1. The normalized spacial score (nSPS) is 15.0. The molecule has 0 aliphatic heterocycles. The van der Waals surface area contributed by atoms with Crippen molar-refractivity contribution in [3.05, 3.63) is 170 Å². The van der Waals surface area contributed by atoms with Gasteiger partial charge in [-0.05, 0) is 78.6 Å². The number of benzene rings is 8. The Morgan fingerprint density at radius 3 is 1.60 bits per heavy atom. The van der Waals surface area contributed by atoms with Crippen LogP contribution in [0.5, 0.6) is 0 Å². The zero-order valence-corrected chi connectivity index (χ0v) is 23.7. The van der Waals surface area contributed by atoms with Gasteiger partial charge in [-0.25, -0.2) is 0 Å². The SMILES string of the molecule is [2H]c1c([2H])c([2H])c(-c2ccc(-c3c4ccccc4c(-c4c([2H])c([2H])c5oc6c([2H])c([2H])c([2H])c([2H])c6c5c4-c4ccccc4)c4ccccc34)cc2)c([2H])c1[2H]. The van der Waals surface area contributed by atoms with Crippen molar-refractivity contribution in [3.8, 4) is 44.5 Å². The van der Waals surface area contributed by atoms with E-state index < -0.39 is 30.2 Å². The van der Waals surface area contributed by atoms with Gasteiger partial charge in [0.2, 0.25) is 0 Å². The highest BCUT2D eigenvalue weighted by Crippen LogP contribution is 2.49. The van der Waals surface area contributed by atoms with Gasteiger partial charge in [0.05, 0.1) is 15.1 Å². The molecule has 0 radical (unpaired) electrons. The second-order valence-corrected chi connectivity index (χ2v) is 10.8. The van der Waals surface area contributed by atoms with Crippen LogP contribution < -0.4 is 0 Å². The van der Waals surface area contributed by atoms with E-state index in [9.17, 15) is 2.74 Å². The molecule has 9 aromatic rings. The summed E-state index contributed by atoms with van der Waals surface area (Å²) in [6.07, 6.45) is 0.